The maximum Gasteiger partial charge on any atom is 0.254 e. The average Bonchev–Trinajstić information content (AvgIpc) is 3.27. The number of carbonyl (C=O) groups excluding carboxylic acids is 1. The Morgan fingerprint density at radius 1 is 1.33 bits per heavy atom. The molecular weight excluding hydrogens is 346 g/mol. The molecule has 0 radical (unpaired) electrons. The number of tetrazole rings is 1. The molecule has 0 saturated heterocycles. The number of hydrogen-bond donors (Lipinski definition) is 0. The van der Waals surface area contributed by atoms with E-state index in [0.29, 0.717) is 42.1 Å². The van der Waals surface area contributed by atoms with Crippen LogP contribution in [0.5, 0.6) is 0 Å². The monoisotopic (exact) mass is 369 g/mol. The van der Waals surface area contributed by atoms with Crippen LogP contribution >= 0.6 is 0 Å². The van der Waals surface area contributed by atoms with Crippen molar-refractivity contribution in [2.75, 3.05) is 6.54 Å². The lowest BCUT2D eigenvalue weighted by atomic mass is 10.1. The molecule has 9 heteroatoms. The van der Waals surface area contributed by atoms with Crippen molar-refractivity contribution in [3.05, 3.63) is 47.4 Å². The summed E-state index contributed by atoms with van der Waals surface area (Å²) in [7, 11) is 0. The van der Waals surface area contributed by atoms with Crippen LogP contribution in [0.2, 0.25) is 0 Å². The number of aromatic nitrogens is 6. The topological polar surface area (TPSA) is 103 Å². The molecule has 0 aliphatic heterocycles. The molecule has 9 nitrogen and oxygen atoms in total. The Hall–Kier alpha value is -3.10. The summed E-state index contributed by atoms with van der Waals surface area (Å²) in [4.78, 5) is 19.0. The molecule has 3 rings (SSSR count). The van der Waals surface area contributed by atoms with E-state index in [1.165, 1.54) is 0 Å². The van der Waals surface area contributed by atoms with E-state index in [0.717, 1.165) is 12.1 Å². The molecule has 0 aliphatic rings. The fraction of sp³-hybridized carbons (Fsp3) is 0.444. The van der Waals surface area contributed by atoms with Crippen molar-refractivity contribution in [3.8, 4) is 5.69 Å². The third-order valence-electron chi connectivity index (χ3n) is 4.06. The Morgan fingerprint density at radius 3 is 2.81 bits per heavy atom. The molecule has 0 atom stereocenters. The molecule has 142 valence electrons. The second kappa shape index (κ2) is 8.07. The lowest BCUT2D eigenvalue weighted by Crippen LogP contribution is -2.30. The molecule has 0 N–H and O–H groups in total. The highest BCUT2D eigenvalue weighted by molar-refractivity contribution is 5.94. The van der Waals surface area contributed by atoms with Crippen LogP contribution in [0.25, 0.3) is 5.69 Å². The van der Waals surface area contributed by atoms with Gasteiger partial charge in [-0.1, -0.05) is 25.1 Å². The van der Waals surface area contributed by atoms with Gasteiger partial charge in [0.2, 0.25) is 5.89 Å². The minimum atomic E-state index is -0.111. The van der Waals surface area contributed by atoms with Crippen LogP contribution in [0.15, 0.2) is 28.8 Å². The summed E-state index contributed by atoms with van der Waals surface area (Å²) in [6, 6.07) is 7.21. The van der Waals surface area contributed by atoms with Crippen LogP contribution < -0.4 is 0 Å². The molecule has 0 aliphatic carbocycles. The van der Waals surface area contributed by atoms with Gasteiger partial charge in [-0.05, 0) is 48.4 Å². The van der Waals surface area contributed by atoms with E-state index < -0.39 is 0 Å². The van der Waals surface area contributed by atoms with Gasteiger partial charge in [-0.25, -0.2) is 0 Å². The van der Waals surface area contributed by atoms with E-state index in [2.05, 4.69) is 39.5 Å². The number of hydrogen-bond acceptors (Lipinski definition) is 7. The molecule has 0 unspecified atom stereocenters. The zero-order valence-corrected chi connectivity index (χ0v) is 16.0. The van der Waals surface area contributed by atoms with Crippen molar-refractivity contribution in [2.45, 2.75) is 40.7 Å². The lowest BCUT2D eigenvalue weighted by Gasteiger charge is -2.19. The molecule has 2 heterocycles. The molecule has 1 aromatic carbocycles. The Balaban J connectivity index is 1.77. The average molecular weight is 369 g/mol. The molecule has 0 spiro atoms. The van der Waals surface area contributed by atoms with Gasteiger partial charge in [-0.3, -0.25) is 4.79 Å². The highest BCUT2D eigenvalue weighted by Gasteiger charge is 2.19. The second-order valence-corrected chi connectivity index (χ2v) is 6.71. The SMILES string of the molecule is CCN(Cc1noc(CC(C)C)n1)C(=O)c1cccc(-n2nnnc2C)c1. The van der Waals surface area contributed by atoms with Crippen LogP contribution in [0.1, 0.15) is 48.7 Å². The zero-order valence-electron chi connectivity index (χ0n) is 16.0. The summed E-state index contributed by atoms with van der Waals surface area (Å²) in [5, 5.41) is 15.5. The molecule has 0 fully saturated rings. The third kappa shape index (κ3) is 4.36. The summed E-state index contributed by atoms with van der Waals surface area (Å²) < 4.78 is 6.85. The summed E-state index contributed by atoms with van der Waals surface area (Å²) in [5.74, 6) is 2.07. The van der Waals surface area contributed by atoms with Gasteiger partial charge in [0, 0.05) is 18.5 Å². The van der Waals surface area contributed by atoms with E-state index in [1.807, 2.05) is 19.1 Å². The van der Waals surface area contributed by atoms with Crippen LogP contribution in [-0.2, 0) is 13.0 Å². The maximum absolute atomic E-state index is 13.0. The largest absolute Gasteiger partial charge is 0.339 e. The van der Waals surface area contributed by atoms with Gasteiger partial charge in [0.1, 0.15) is 0 Å². The molecule has 2 aromatic heterocycles. The quantitative estimate of drug-likeness (QED) is 0.629. The lowest BCUT2D eigenvalue weighted by molar-refractivity contribution is 0.0747. The van der Waals surface area contributed by atoms with Crippen molar-refractivity contribution in [1.29, 1.82) is 0 Å². The summed E-state index contributed by atoms with van der Waals surface area (Å²) >= 11 is 0. The Morgan fingerprint density at radius 2 is 2.15 bits per heavy atom. The predicted molar refractivity (Wildman–Crippen MR) is 97.1 cm³/mol. The summed E-state index contributed by atoms with van der Waals surface area (Å²) in [6.07, 6.45) is 0.723. The number of aryl methyl sites for hydroxylation is 1. The third-order valence-corrected chi connectivity index (χ3v) is 4.06. The number of amides is 1. The Bertz CT molecular complexity index is 916. The van der Waals surface area contributed by atoms with E-state index in [4.69, 9.17) is 4.52 Å². The first kappa shape index (κ1) is 18.7. The predicted octanol–water partition coefficient (Wildman–Crippen LogP) is 2.21. The molecule has 3 aromatic rings. The summed E-state index contributed by atoms with van der Waals surface area (Å²) in [6.45, 7) is 8.72. The van der Waals surface area contributed by atoms with Gasteiger partial charge in [-0.15, -0.1) is 5.10 Å². The maximum atomic E-state index is 13.0. The first-order chi connectivity index (χ1) is 13.0. The number of rotatable bonds is 7. The molecule has 27 heavy (non-hydrogen) atoms. The van der Waals surface area contributed by atoms with Crippen molar-refractivity contribution >= 4 is 5.91 Å². The minimum absolute atomic E-state index is 0.111. The van der Waals surface area contributed by atoms with Gasteiger partial charge >= 0.3 is 0 Å². The first-order valence-corrected chi connectivity index (χ1v) is 8.94. The van der Waals surface area contributed by atoms with Gasteiger partial charge in [0.05, 0.1) is 12.2 Å². The minimum Gasteiger partial charge on any atom is -0.339 e. The smallest absolute Gasteiger partial charge is 0.254 e. The number of carbonyl (C=O) groups is 1. The fourth-order valence-corrected chi connectivity index (χ4v) is 2.71. The Labute approximate surface area is 157 Å². The van der Waals surface area contributed by atoms with Crippen molar-refractivity contribution in [3.63, 3.8) is 0 Å². The van der Waals surface area contributed by atoms with Crippen LogP contribution in [-0.4, -0.2) is 47.7 Å². The molecule has 1 amide bonds. The first-order valence-electron chi connectivity index (χ1n) is 8.94. The molecule has 0 saturated carbocycles. The second-order valence-electron chi connectivity index (χ2n) is 6.71. The van der Waals surface area contributed by atoms with Gasteiger partial charge in [0.25, 0.3) is 5.91 Å². The fourth-order valence-electron chi connectivity index (χ4n) is 2.71. The molecular formula is C18H23N7O2. The van der Waals surface area contributed by atoms with Crippen molar-refractivity contribution < 1.29 is 9.32 Å². The zero-order chi connectivity index (χ0) is 19.4. The number of benzene rings is 1. The van der Waals surface area contributed by atoms with Crippen molar-refractivity contribution in [2.24, 2.45) is 5.92 Å². The summed E-state index contributed by atoms with van der Waals surface area (Å²) in [5.41, 5.74) is 1.29. The number of nitrogens with zero attached hydrogens (tertiary/aromatic N) is 7. The van der Waals surface area contributed by atoms with Crippen LogP contribution in [0.4, 0.5) is 0 Å². The van der Waals surface area contributed by atoms with Crippen LogP contribution in [0, 0.1) is 12.8 Å². The van der Waals surface area contributed by atoms with Gasteiger partial charge in [-0.2, -0.15) is 9.67 Å². The van der Waals surface area contributed by atoms with Crippen molar-refractivity contribution in [1.82, 2.24) is 35.2 Å². The van der Waals surface area contributed by atoms with E-state index in [9.17, 15) is 4.79 Å². The van der Waals surface area contributed by atoms with Crippen LogP contribution in [0.3, 0.4) is 0 Å². The highest BCUT2D eigenvalue weighted by atomic mass is 16.5. The Kier molecular flexibility index (Phi) is 5.58. The van der Waals surface area contributed by atoms with Gasteiger partial charge < -0.3 is 9.42 Å². The highest BCUT2D eigenvalue weighted by Crippen LogP contribution is 2.14. The normalized spacial score (nSPS) is 11.1. The van der Waals surface area contributed by atoms with E-state index >= 15 is 0 Å². The van der Waals surface area contributed by atoms with Gasteiger partial charge in [0.15, 0.2) is 11.6 Å². The van der Waals surface area contributed by atoms with E-state index in [-0.39, 0.29) is 5.91 Å². The standard InChI is InChI=1S/C18H23N7O2/c1-5-24(11-16-19-17(27-21-16)9-12(2)3)18(26)14-7-6-8-15(10-14)25-13(4)20-22-23-25/h6-8,10,12H,5,9,11H2,1-4H3. The van der Waals surface area contributed by atoms with E-state index in [1.54, 1.807) is 28.6 Å². The molecule has 0 bridgehead atoms.